The predicted octanol–water partition coefficient (Wildman–Crippen LogP) is 0.368. The summed E-state index contributed by atoms with van der Waals surface area (Å²) >= 11 is 5.12. The largest absolute Gasteiger partial charge is 0.477 e. The summed E-state index contributed by atoms with van der Waals surface area (Å²) in [5.41, 5.74) is 11.2. The third kappa shape index (κ3) is 6.35. The van der Waals surface area contributed by atoms with Gasteiger partial charge < -0.3 is 32.2 Å². The Hall–Kier alpha value is -3.32. The predicted molar refractivity (Wildman–Crippen MR) is 154 cm³/mol. The summed E-state index contributed by atoms with van der Waals surface area (Å²) in [6.45, 7) is -0.137. The Morgan fingerprint density at radius 1 is 1.40 bits per heavy atom. The Bertz CT molecular complexity index is 1380. The van der Waals surface area contributed by atoms with Gasteiger partial charge in [-0.2, -0.15) is 11.8 Å². The number of pyridine rings is 1. The second-order valence-electron chi connectivity index (χ2n) is 8.19. The van der Waals surface area contributed by atoms with Crippen LogP contribution in [-0.4, -0.2) is 95.7 Å². The molecule has 0 radical (unpaired) electrons. The SMILES string of the molecule is NC=NC(CO)CSCc1cnccc1SC1=C(C(=O)O)N2C(=O)[C@@H](NC(=O)/C(=N\O)c3csc(N)n3)[C@@H]2SC1. The molecule has 18 heteroatoms. The second-order valence-corrected chi connectivity index (χ2v) is 12.4. The summed E-state index contributed by atoms with van der Waals surface area (Å²) in [6, 6.07) is 0.420. The number of carbonyl (C=O) groups excluding carboxylic acids is 2. The molecule has 0 aliphatic carbocycles. The molecule has 1 saturated heterocycles. The van der Waals surface area contributed by atoms with Crippen molar-refractivity contribution >= 4 is 81.6 Å². The number of aliphatic hydroxyl groups is 1. The first-order valence-corrected chi connectivity index (χ1v) is 15.4. The lowest BCUT2D eigenvalue weighted by Crippen LogP contribution is -2.71. The smallest absolute Gasteiger partial charge is 0.353 e. The first kappa shape index (κ1) is 29.7. The summed E-state index contributed by atoms with van der Waals surface area (Å²) < 4.78 is 0. The number of thioether (sulfide) groups is 3. The fourth-order valence-electron chi connectivity index (χ4n) is 3.81. The summed E-state index contributed by atoms with van der Waals surface area (Å²) in [7, 11) is 0. The van der Waals surface area contributed by atoms with Crippen molar-refractivity contribution in [1.82, 2.24) is 20.2 Å². The van der Waals surface area contributed by atoms with E-state index < -0.39 is 34.9 Å². The number of β-lactam (4-membered cyclic amide) rings is 1. The maximum Gasteiger partial charge on any atom is 0.353 e. The number of nitrogen functional groups attached to an aromatic ring is 1. The lowest BCUT2D eigenvalue weighted by molar-refractivity contribution is -0.150. The molecule has 1 fully saturated rings. The summed E-state index contributed by atoms with van der Waals surface area (Å²) in [6.07, 6.45) is 4.44. The molecular weight excluding hydrogens is 601 g/mol. The number of oxime groups is 1. The lowest BCUT2D eigenvalue weighted by Gasteiger charge is -2.49. The molecule has 14 nitrogen and oxygen atoms in total. The number of hydrogen-bond acceptors (Lipinski definition) is 14. The van der Waals surface area contributed by atoms with Crippen LogP contribution in [0.1, 0.15) is 11.3 Å². The van der Waals surface area contributed by atoms with Gasteiger partial charge in [-0.1, -0.05) is 16.9 Å². The number of carboxylic acid groups (broad SMARTS) is 1. The number of thiazole rings is 1. The van der Waals surface area contributed by atoms with Crippen molar-refractivity contribution in [3.63, 3.8) is 0 Å². The normalized spacial score (nSPS) is 19.9. The molecule has 0 saturated carbocycles. The van der Waals surface area contributed by atoms with Crippen LogP contribution in [0.2, 0.25) is 0 Å². The number of hydrogen-bond donors (Lipinski definition) is 6. The third-order valence-corrected chi connectivity index (χ3v) is 10.1. The Labute approximate surface area is 244 Å². The average Bonchev–Trinajstić information content (AvgIpc) is 3.37. The number of aliphatic carboxylic acids is 1. The minimum absolute atomic E-state index is 0.0533. The Balaban J connectivity index is 1.48. The van der Waals surface area contributed by atoms with Crippen LogP contribution >= 0.6 is 46.6 Å². The number of nitrogens with two attached hydrogens (primary N) is 2. The van der Waals surface area contributed by atoms with Gasteiger partial charge in [-0.3, -0.25) is 24.5 Å². The van der Waals surface area contributed by atoms with Crippen molar-refractivity contribution in [2.24, 2.45) is 15.9 Å². The van der Waals surface area contributed by atoms with Crippen LogP contribution in [0.4, 0.5) is 5.13 Å². The summed E-state index contributed by atoms with van der Waals surface area (Å²) in [5, 5.41) is 35.2. The van der Waals surface area contributed by atoms with E-state index in [4.69, 9.17) is 11.5 Å². The van der Waals surface area contributed by atoms with Crippen LogP contribution < -0.4 is 16.8 Å². The topological polar surface area (TPSA) is 230 Å². The number of rotatable bonds is 12. The zero-order valence-corrected chi connectivity index (χ0v) is 23.8. The number of nitrogens with one attached hydrogen (secondary N) is 1. The van der Waals surface area contributed by atoms with Crippen LogP contribution in [0.15, 0.2) is 49.5 Å². The van der Waals surface area contributed by atoms with Gasteiger partial charge >= 0.3 is 5.97 Å². The first-order valence-electron chi connectivity index (χ1n) is 11.5. The molecule has 2 aromatic rings. The van der Waals surface area contributed by atoms with Crippen molar-refractivity contribution in [2.45, 2.75) is 28.1 Å². The fourth-order valence-corrected chi connectivity index (χ4v) is 8.05. The van der Waals surface area contributed by atoms with Crippen molar-refractivity contribution in [3.8, 4) is 0 Å². The second kappa shape index (κ2) is 13.4. The molecule has 2 aromatic heterocycles. The number of anilines is 1. The van der Waals surface area contributed by atoms with Gasteiger partial charge in [0.25, 0.3) is 11.8 Å². The molecule has 8 N–H and O–H groups in total. The van der Waals surface area contributed by atoms with Gasteiger partial charge in [0, 0.05) is 44.8 Å². The van der Waals surface area contributed by atoms with Crippen LogP contribution in [0, 0.1) is 0 Å². The molecule has 0 aromatic carbocycles. The highest BCUT2D eigenvalue weighted by molar-refractivity contribution is 8.06. The first-order chi connectivity index (χ1) is 19.3. The number of amides is 2. The van der Waals surface area contributed by atoms with Crippen molar-refractivity contribution in [3.05, 3.63) is 45.7 Å². The molecule has 40 heavy (non-hydrogen) atoms. The zero-order valence-electron chi connectivity index (χ0n) is 20.5. The maximum atomic E-state index is 13.1. The van der Waals surface area contributed by atoms with Crippen molar-refractivity contribution in [2.75, 3.05) is 23.8 Å². The number of carboxylic acids is 1. The van der Waals surface area contributed by atoms with Gasteiger partial charge in [-0.25, -0.2) is 9.78 Å². The van der Waals surface area contributed by atoms with Crippen LogP contribution in [0.3, 0.4) is 0 Å². The van der Waals surface area contributed by atoms with Crippen LogP contribution in [-0.2, 0) is 20.1 Å². The Kier molecular flexibility index (Phi) is 9.90. The quantitative estimate of drug-likeness (QED) is 0.0617. The minimum Gasteiger partial charge on any atom is -0.477 e. The molecule has 0 spiro atoms. The van der Waals surface area contributed by atoms with E-state index in [9.17, 15) is 29.8 Å². The standard InChI is InChI=1S/C22H24N8O6S4/c23-9-26-11(4-31)6-37-5-10-3-25-2-1-13(10)40-14-8-38-20-16(19(33)30(20)17(14)21(34)35)28-18(32)15(29-36)12-7-39-22(24)27-12/h1-3,7,9,11,16,20,31,36H,4-6,8H2,(H2,23,26)(H2,24,27)(H,28,32)(H,34,35)/b29-15-/t11?,16-,20+/m1/s1. The number of aliphatic hydroxyl groups excluding tert-OH is 1. The third-order valence-electron chi connectivity index (χ3n) is 5.67. The van der Waals surface area contributed by atoms with E-state index >= 15 is 0 Å². The van der Waals surface area contributed by atoms with E-state index in [1.54, 1.807) is 18.5 Å². The molecule has 2 aliphatic rings. The van der Waals surface area contributed by atoms with Crippen LogP contribution in [0.5, 0.6) is 0 Å². The zero-order chi connectivity index (χ0) is 28.8. The Morgan fingerprint density at radius 2 is 2.20 bits per heavy atom. The molecule has 1 unspecified atom stereocenters. The summed E-state index contributed by atoms with van der Waals surface area (Å²) in [5.74, 6) is -1.36. The molecular formula is C22H24N8O6S4. The lowest BCUT2D eigenvalue weighted by atomic mass is 10.0. The van der Waals surface area contributed by atoms with Crippen molar-refractivity contribution in [1.29, 1.82) is 0 Å². The van der Waals surface area contributed by atoms with Gasteiger partial charge in [-0.05, 0) is 11.6 Å². The van der Waals surface area contributed by atoms with Crippen LogP contribution in [0.25, 0.3) is 0 Å². The monoisotopic (exact) mass is 624 g/mol. The van der Waals surface area contributed by atoms with E-state index in [-0.39, 0.29) is 34.9 Å². The highest BCUT2D eigenvalue weighted by Gasteiger charge is 2.54. The molecule has 4 heterocycles. The van der Waals surface area contributed by atoms with Gasteiger partial charge in [0.15, 0.2) is 10.8 Å². The number of aromatic nitrogens is 2. The maximum absolute atomic E-state index is 13.1. The van der Waals surface area contributed by atoms with E-state index in [1.807, 2.05) is 0 Å². The van der Waals surface area contributed by atoms with Gasteiger partial charge in [0.05, 0.1) is 19.0 Å². The van der Waals surface area contributed by atoms with Gasteiger partial charge in [0.2, 0.25) is 0 Å². The average molecular weight is 625 g/mol. The fraction of sp³-hybridized carbons (Fsp3) is 0.318. The van der Waals surface area contributed by atoms with E-state index in [1.165, 1.54) is 40.7 Å². The minimum atomic E-state index is -1.27. The Morgan fingerprint density at radius 3 is 2.85 bits per heavy atom. The molecule has 2 aliphatic heterocycles. The summed E-state index contributed by atoms with van der Waals surface area (Å²) in [4.78, 5) is 52.6. The molecule has 212 valence electrons. The molecule has 3 atom stereocenters. The molecule has 4 rings (SSSR count). The number of carbonyl (C=O) groups is 3. The van der Waals surface area contributed by atoms with E-state index in [0.29, 0.717) is 16.4 Å². The highest BCUT2D eigenvalue weighted by atomic mass is 32.2. The number of fused-ring (bicyclic) bond motifs is 1. The number of aliphatic imine (C=N–C) groups is 1. The van der Waals surface area contributed by atoms with E-state index in [2.05, 4.69) is 25.4 Å². The molecule has 2 amide bonds. The molecule has 0 bridgehead atoms. The highest BCUT2D eigenvalue weighted by Crippen LogP contribution is 2.45. The van der Waals surface area contributed by atoms with E-state index in [0.717, 1.165) is 33.0 Å². The van der Waals surface area contributed by atoms with Gasteiger partial charge in [0.1, 0.15) is 22.8 Å². The van der Waals surface area contributed by atoms with Crippen molar-refractivity contribution < 1.29 is 29.8 Å². The van der Waals surface area contributed by atoms with Gasteiger partial charge in [-0.15, -0.1) is 23.1 Å². The number of nitrogens with zero attached hydrogens (tertiary/aromatic N) is 5.